The van der Waals surface area contributed by atoms with Gasteiger partial charge in [0, 0.05) is 10.7 Å². The summed E-state index contributed by atoms with van der Waals surface area (Å²) in [5, 5.41) is 8.00. The van der Waals surface area contributed by atoms with Gasteiger partial charge in [-0.2, -0.15) is 0 Å². The van der Waals surface area contributed by atoms with Gasteiger partial charge in [-0.3, -0.25) is 4.79 Å². The Hall–Kier alpha value is -0.620. The van der Waals surface area contributed by atoms with Crippen molar-refractivity contribution in [1.29, 1.82) is 0 Å². The van der Waals surface area contributed by atoms with Crippen molar-refractivity contribution >= 4 is 33.7 Å². The van der Waals surface area contributed by atoms with Gasteiger partial charge in [-0.25, -0.2) is 9.37 Å². The van der Waals surface area contributed by atoms with E-state index in [2.05, 4.69) is 20.9 Å². The van der Waals surface area contributed by atoms with Gasteiger partial charge in [-0.1, -0.05) is 11.8 Å². The van der Waals surface area contributed by atoms with E-state index in [0.717, 1.165) is 11.8 Å². The van der Waals surface area contributed by atoms with Gasteiger partial charge in [0.1, 0.15) is 10.3 Å². The lowest BCUT2D eigenvalue weighted by atomic mass is 10.5. The summed E-state index contributed by atoms with van der Waals surface area (Å²) < 4.78 is 13.7. The zero-order valence-corrected chi connectivity index (χ0v) is 9.60. The van der Waals surface area contributed by atoms with Gasteiger partial charge in [0.15, 0.2) is 5.82 Å². The van der Waals surface area contributed by atoms with Crippen LogP contribution in [0.15, 0.2) is 21.8 Å². The number of hydrogen-bond donors (Lipinski definition) is 1. The Morgan fingerprint density at radius 3 is 2.93 bits per heavy atom. The van der Waals surface area contributed by atoms with Crippen molar-refractivity contribution in [2.24, 2.45) is 0 Å². The standard InChI is InChI=1S/C8H7BrFNO2S/c1-4(8(12)13)14-7-6(10)2-5(9)3-11-7/h2-4H,1H3,(H,12,13). The Morgan fingerprint density at radius 2 is 2.43 bits per heavy atom. The highest BCUT2D eigenvalue weighted by Crippen LogP contribution is 2.25. The topological polar surface area (TPSA) is 50.2 Å². The van der Waals surface area contributed by atoms with Crippen LogP contribution in [0, 0.1) is 5.82 Å². The van der Waals surface area contributed by atoms with Crippen LogP contribution >= 0.6 is 27.7 Å². The van der Waals surface area contributed by atoms with Gasteiger partial charge in [0.2, 0.25) is 0 Å². The summed E-state index contributed by atoms with van der Waals surface area (Å²) in [5.74, 6) is -1.50. The number of halogens is 2. The Morgan fingerprint density at radius 1 is 1.79 bits per heavy atom. The largest absolute Gasteiger partial charge is 0.480 e. The molecule has 0 aliphatic carbocycles. The lowest BCUT2D eigenvalue weighted by molar-refractivity contribution is -0.136. The summed E-state index contributed by atoms with van der Waals surface area (Å²) in [7, 11) is 0. The predicted molar refractivity (Wildman–Crippen MR) is 54.8 cm³/mol. The van der Waals surface area contributed by atoms with Crippen molar-refractivity contribution in [3.8, 4) is 0 Å². The van der Waals surface area contributed by atoms with Crippen LogP contribution in [0.1, 0.15) is 6.92 Å². The third kappa shape index (κ3) is 2.95. The molecule has 0 bridgehead atoms. The summed E-state index contributed by atoms with van der Waals surface area (Å²) >= 11 is 3.94. The van der Waals surface area contributed by atoms with Crippen LogP contribution in [-0.2, 0) is 4.79 Å². The quantitative estimate of drug-likeness (QED) is 0.864. The fourth-order valence-electron chi connectivity index (χ4n) is 0.707. The van der Waals surface area contributed by atoms with Gasteiger partial charge in [-0.05, 0) is 28.9 Å². The molecule has 0 aromatic carbocycles. The zero-order valence-electron chi connectivity index (χ0n) is 7.20. The molecule has 1 atom stereocenters. The number of pyridine rings is 1. The number of aromatic nitrogens is 1. The first-order valence-electron chi connectivity index (χ1n) is 3.71. The number of carboxylic acid groups (broad SMARTS) is 1. The maximum absolute atomic E-state index is 13.2. The number of carboxylic acids is 1. The zero-order chi connectivity index (χ0) is 10.7. The smallest absolute Gasteiger partial charge is 0.316 e. The minimum atomic E-state index is -0.987. The van der Waals surface area contributed by atoms with Crippen molar-refractivity contribution < 1.29 is 14.3 Å². The summed E-state index contributed by atoms with van der Waals surface area (Å²) in [6, 6.07) is 1.25. The fourth-order valence-corrected chi connectivity index (χ4v) is 1.73. The summed E-state index contributed by atoms with van der Waals surface area (Å²) in [6.45, 7) is 1.48. The van der Waals surface area contributed by atoms with Crippen molar-refractivity contribution in [3.05, 3.63) is 22.6 Å². The van der Waals surface area contributed by atoms with E-state index in [1.165, 1.54) is 19.2 Å². The predicted octanol–water partition coefficient (Wildman–Crippen LogP) is 2.55. The van der Waals surface area contributed by atoms with E-state index >= 15 is 0 Å². The molecule has 1 rings (SSSR count). The molecule has 1 unspecified atom stereocenters. The van der Waals surface area contributed by atoms with Crippen molar-refractivity contribution in [2.75, 3.05) is 0 Å². The third-order valence-corrected chi connectivity index (χ3v) is 2.92. The van der Waals surface area contributed by atoms with Gasteiger partial charge in [0.25, 0.3) is 0 Å². The Balaban J connectivity index is 2.82. The molecule has 14 heavy (non-hydrogen) atoms. The van der Waals surface area contributed by atoms with E-state index in [4.69, 9.17) is 5.11 Å². The molecule has 0 radical (unpaired) electrons. The first-order chi connectivity index (χ1) is 6.50. The molecule has 1 aromatic rings. The van der Waals surface area contributed by atoms with Gasteiger partial charge < -0.3 is 5.11 Å². The van der Waals surface area contributed by atoms with E-state index < -0.39 is 17.0 Å². The summed E-state index contributed by atoms with van der Waals surface area (Å²) in [5.41, 5.74) is 0. The minimum absolute atomic E-state index is 0.100. The molecule has 76 valence electrons. The SMILES string of the molecule is CC(Sc1ncc(Br)cc1F)C(=O)O. The molecule has 0 saturated heterocycles. The molecule has 0 fully saturated rings. The minimum Gasteiger partial charge on any atom is -0.480 e. The van der Waals surface area contributed by atoms with Crippen molar-refractivity contribution in [1.82, 2.24) is 4.98 Å². The van der Waals surface area contributed by atoms with Crippen molar-refractivity contribution in [3.63, 3.8) is 0 Å². The first kappa shape index (κ1) is 11.5. The van der Waals surface area contributed by atoms with Gasteiger partial charge >= 0.3 is 5.97 Å². The highest BCUT2D eigenvalue weighted by Gasteiger charge is 2.16. The molecule has 0 aliphatic heterocycles. The molecule has 1 heterocycles. The summed E-state index contributed by atoms with van der Waals surface area (Å²) in [4.78, 5) is 14.3. The first-order valence-corrected chi connectivity index (χ1v) is 5.38. The second-order valence-electron chi connectivity index (χ2n) is 2.54. The highest BCUT2D eigenvalue weighted by molar-refractivity contribution is 9.10. The Bertz CT molecular complexity index is 361. The molecule has 0 spiro atoms. The number of carbonyl (C=O) groups is 1. The Kier molecular flexibility index (Phi) is 3.88. The van der Waals surface area contributed by atoms with Crippen LogP contribution in [0.3, 0.4) is 0 Å². The molecule has 6 heteroatoms. The van der Waals surface area contributed by atoms with Crippen molar-refractivity contribution in [2.45, 2.75) is 17.2 Å². The van der Waals surface area contributed by atoms with Crippen LogP contribution in [-0.4, -0.2) is 21.3 Å². The van der Waals surface area contributed by atoms with Gasteiger partial charge in [-0.15, -0.1) is 0 Å². The molecular formula is C8H7BrFNO2S. The van der Waals surface area contributed by atoms with E-state index in [1.807, 2.05) is 0 Å². The van der Waals surface area contributed by atoms with E-state index in [-0.39, 0.29) is 5.03 Å². The number of aliphatic carboxylic acids is 1. The lowest BCUT2D eigenvalue weighted by Crippen LogP contribution is -2.11. The number of rotatable bonds is 3. The van der Waals surface area contributed by atoms with Crippen LogP contribution in [0.5, 0.6) is 0 Å². The monoisotopic (exact) mass is 279 g/mol. The highest BCUT2D eigenvalue weighted by atomic mass is 79.9. The lowest BCUT2D eigenvalue weighted by Gasteiger charge is -2.05. The molecular weight excluding hydrogens is 273 g/mol. The van der Waals surface area contributed by atoms with Crippen LogP contribution in [0.25, 0.3) is 0 Å². The molecule has 1 aromatic heterocycles. The number of thioether (sulfide) groups is 1. The normalized spacial score (nSPS) is 12.5. The Labute approximate surface area is 92.9 Å². The van der Waals surface area contributed by atoms with Crippen LogP contribution in [0.4, 0.5) is 4.39 Å². The molecule has 3 nitrogen and oxygen atoms in total. The third-order valence-electron chi connectivity index (χ3n) is 1.41. The number of nitrogens with zero attached hydrogens (tertiary/aromatic N) is 1. The molecule has 1 N–H and O–H groups in total. The second kappa shape index (κ2) is 4.75. The fraction of sp³-hybridized carbons (Fsp3) is 0.250. The maximum Gasteiger partial charge on any atom is 0.316 e. The summed E-state index contributed by atoms with van der Waals surface area (Å²) in [6.07, 6.45) is 1.43. The number of hydrogen-bond acceptors (Lipinski definition) is 3. The maximum atomic E-state index is 13.2. The molecule has 0 saturated carbocycles. The van der Waals surface area contributed by atoms with Crippen LogP contribution in [0.2, 0.25) is 0 Å². The van der Waals surface area contributed by atoms with E-state index in [9.17, 15) is 9.18 Å². The average Bonchev–Trinajstić information content (AvgIpc) is 2.09. The molecule has 0 aliphatic rings. The van der Waals surface area contributed by atoms with E-state index in [0.29, 0.717) is 4.47 Å². The molecule has 0 amide bonds. The van der Waals surface area contributed by atoms with Gasteiger partial charge in [0.05, 0.1) is 0 Å². The average molecular weight is 280 g/mol. The van der Waals surface area contributed by atoms with E-state index in [1.54, 1.807) is 0 Å². The second-order valence-corrected chi connectivity index (χ2v) is 4.78. The van der Waals surface area contributed by atoms with Crippen LogP contribution < -0.4 is 0 Å².